The molecule has 0 spiro atoms. The largest absolute Gasteiger partial charge is 0.573 e. The third-order valence-corrected chi connectivity index (χ3v) is 11.5. The van der Waals surface area contributed by atoms with Crippen LogP contribution in [0.4, 0.5) is 28.9 Å². The van der Waals surface area contributed by atoms with Crippen LogP contribution < -0.4 is 14.5 Å². The number of aromatic hydroxyl groups is 1. The summed E-state index contributed by atoms with van der Waals surface area (Å²) in [5.74, 6) is -9.82. The van der Waals surface area contributed by atoms with Crippen LogP contribution in [0.5, 0.6) is 11.5 Å². The Hall–Kier alpha value is -3.94. The van der Waals surface area contributed by atoms with Gasteiger partial charge in [-0.1, -0.05) is 27.6 Å². The fourth-order valence-corrected chi connectivity index (χ4v) is 8.74. The van der Waals surface area contributed by atoms with Crippen LogP contribution in [0.15, 0.2) is 82.9 Å². The smallest absolute Gasteiger partial charge is 0.508 e. The molecule has 8 nitrogen and oxygen atoms in total. The van der Waals surface area contributed by atoms with Gasteiger partial charge in [-0.05, 0) is 85.5 Å². The zero-order valence-corrected chi connectivity index (χ0v) is 27.3. The highest BCUT2D eigenvalue weighted by Crippen LogP contribution is 2.66. The normalized spacial score (nSPS) is 29.9. The number of imide groups is 2. The molecule has 0 radical (unpaired) electrons. The molecule has 48 heavy (non-hydrogen) atoms. The van der Waals surface area contributed by atoms with Gasteiger partial charge in [0.15, 0.2) is 9.75 Å². The van der Waals surface area contributed by atoms with Gasteiger partial charge in [0.25, 0.3) is 11.8 Å². The summed E-state index contributed by atoms with van der Waals surface area (Å²) in [4.78, 5) is 53.4. The number of fused-ring (bicyclic) bond motifs is 4. The van der Waals surface area contributed by atoms with E-state index in [9.17, 15) is 41.8 Å². The van der Waals surface area contributed by atoms with Crippen LogP contribution in [-0.2, 0) is 19.2 Å². The fourth-order valence-electron chi connectivity index (χ4n) is 7.55. The van der Waals surface area contributed by atoms with E-state index in [0.29, 0.717) is 15.1 Å². The Morgan fingerprint density at radius 3 is 2.12 bits per heavy atom. The van der Waals surface area contributed by atoms with E-state index in [0.717, 1.165) is 47.4 Å². The highest BCUT2D eigenvalue weighted by molar-refractivity contribution is 9.10. The third-order valence-electron chi connectivity index (χ3n) is 9.52. The first-order chi connectivity index (χ1) is 22.6. The molecule has 1 saturated carbocycles. The van der Waals surface area contributed by atoms with E-state index in [1.54, 1.807) is 30.3 Å². The Morgan fingerprint density at radius 2 is 1.48 bits per heavy atom. The van der Waals surface area contributed by atoms with Gasteiger partial charge in [0, 0.05) is 16.0 Å². The molecule has 2 saturated heterocycles. The second kappa shape index (κ2) is 11.0. The van der Waals surface area contributed by atoms with Crippen molar-refractivity contribution < 1.29 is 46.6 Å². The summed E-state index contributed by atoms with van der Waals surface area (Å²) in [7, 11) is 0. The van der Waals surface area contributed by atoms with Gasteiger partial charge in [-0.15, -0.1) is 36.4 Å². The molecule has 6 atom stereocenters. The van der Waals surface area contributed by atoms with Gasteiger partial charge in [-0.2, -0.15) is 0 Å². The number of hydrogen-bond donors (Lipinski definition) is 1. The summed E-state index contributed by atoms with van der Waals surface area (Å²) in [6.07, 6.45) is -3.99. The molecular weight excluding hydrogens is 747 g/mol. The SMILES string of the molecule is O=C1C2CC=C3C(CC4(Cl)C(=O)N(c5ccc(F)cc5)C(=O)C4(Cl)C3c3cc(OC(F)(F)F)ccc3O)C2C(=O)N1c1ccc(Br)cc1. The molecule has 2 heterocycles. The van der Waals surface area contributed by atoms with Crippen molar-refractivity contribution in [2.24, 2.45) is 17.8 Å². The zero-order chi connectivity index (χ0) is 34.5. The average molecular weight is 768 g/mol. The van der Waals surface area contributed by atoms with Crippen LogP contribution in [-0.4, -0.2) is 44.8 Å². The zero-order valence-electron chi connectivity index (χ0n) is 24.2. The van der Waals surface area contributed by atoms with E-state index >= 15 is 0 Å². The van der Waals surface area contributed by atoms with Crippen molar-refractivity contribution in [2.45, 2.75) is 34.9 Å². The molecule has 248 valence electrons. The van der Waals surface area contributed by atoms with E-state index in [1.807, 2.05) is 0 Å². The maximum Gasteiger partial charge on any atom is 0.573 e. The molecule has 3 aromatic carbocycles. The van der Waals surface area contributed by atoms with Gasteiger partial charge >= 0.3 is 6.36 Å². The average Bonchev–Trinajstić information content (AvgIpc) is 3.36. The lowest BCUT2D eigenvalue weighted by molar-refractivity contribution is -0.274. The second-order valence-corrected chi connectivity index (χ2v) is 14.2. The topological polar surface area (TPSA) is 104 Å². The first kappa shape index (κ1) is 32.6. The van der Waals surface area contributed by atoms with Crippen LogP contribution in [0.1, 0.15) is 24.3 Å². The van der Waals surface area contributed by atoms with Crippen LogP contribution in [0.25, 0.3) is 0 Å². The maximum atomic E-state index is 14.4. The number of carbonyl (C=O) groups excluding carboxylic acids is 4. The van der Waals surface area contributed by atoms with Crippen LogP contribution in [0.2, 0.25) is 0 Å². The quantitative estimate of drug-likeness (QED) is 0.133. The summed E-state index contributed by atoms with van der Waals surface area (Å²) in [6.45, 7) is 0. The van der Waals surface area contributed by atoms with Gasteiger partial charge in [0.2, 0.25) is 11.8 Å². The molecule has 0 aromatic heterocycles. The maximum absolute atomic E-state index is 14.4. The van der Waals surface area contributed by atoms with Crippen molar-refractivity contribution in [3.8, 4) is 11.5 Å². The van der Waals surface area contributed by atoms with Crippen LogP contribution in [0.3, 0.4) is 0 Å². The minimum atomic E-state index is -5.12. The lowest BCUT2D eigenvalue weighted by atomic mass is 9.56. The van der Waals surface area contributed by atoms with Crippen molar-refractivity contribution in [3.05, 3.63) is 94.2 Å². The first-order valence-electron chi connectivity index (χ1n) is 14.5. The van der Waals surface area contributed by atoms with Crippen molar-refractivity contribution in [1.82, 2.24) is 0 Å². The lowest BCUT2D eigenvalue weighted by Crippen LogP contribution is -2.60. The fraction of sp³-hybridized carbons (Fsp3) is 0.273. The molecule has 4 aliphatic rings. The van der Waals surface area contributed by atoms with Crippen molar-refractivity contribution in [2.75, 3.05) is 9.80 Å². The number of nitrogens with zero attached hydrogens (tertiary/aromatic N) is 2. The molecule has 0 bridgehead atoms. The van der Waals surface area contributed by atoms with Crippen LogP contribution >= 0.6 is 39.1 Å². The summed E-state index contributed by atoms with van der Waals surface area (Å²) in [5.41, 5.74) is 0.132. The Balaban J connectivity index is 1.41. The van der Waals surface area contributed by atoms with Crippen molar-refractivity contribution in [3.63, 3.8) is 0 Å². The highest BCUT2D eigenvalue weighted by atomic mass is 79.9. The highest BCUT2D eigenvalue weighted by Gasteiger charge is 2.77. The number of ether oxygens (including phenoxy) is 1. The Kier molecular flexibility index (Phi) is 7.50. The molecule has 3 fully saturated rings. The van der Waals surface area contributed by atoms with E-state index in [-0.39, 0.29) is 23.2 Å². The van der Waals surface area contributed by atoms with Crippen molar-refractivity contribution in [1.29, 1.82) is 0 Å². The number of rotatable bonds is 4. The predicted octanol–water partition coefficient (Wildman–Crippen LogP) is 6.96. The molecule has 7 rings (SSSR count). The number of benzene rings is 3. The molecule has 6 unspecified atom stereocenters. The number of allylic oxidation sites excluding steroid dienone is 2. The Bertz CT molecular complexity index is 1940. The number of phenols is 1. The molecule has 2 aliphatic heterocycles. The number of alkyl halides is 5. The summed E-state index contributed by atoms with van der Waals surface area (Å²) in [5, 5.41) is 11.1. The first-order valence-corrected chi connectivity index (χ1v) is 16.1. The Labute approximate surface area is 288 Å². The number of phenolic OH excluding ortho intramolecular Hbond substituents is 1. The van der Waals surface area contributed by atoms with E-state index in [4.69, 9.17) is 23.2 Å². The summed E-state index contributed by atoms with van der Waals surface area (Å²) < 4.78 is 58.5. The van der Waals surface area contributed by atoms with Crippen molar-refractivity contribution >= 4 is 74.1 Å². The lowest BCUT2D eigenvalue weighted by Gasteiger charge is -2.50. The second-order valence-electron chi connectivity index (χ2n) is 12.0. The minimum absolute atomic E-state index is 0.0177. The molecule has 1 N–H and O–H groups in total. The molecule has 15 heteroatoms. The van der Waals surface area contributed by atoms with E-state index < -0.39 is 87.1 Å². The third kappa shape index (κ3) is 4.68. The monoisotopic (exact) mass is 766 g/mol. The summed E-state index contributed by atoms with van der Waals surface area (Å²) in [6, 6.07) is 13.4. The van der Waals surface area contributed by atoms with Crippen LogP contribution in [0, 0.1) is 23.6 Å². The van der Waals surface area contributed by atoms with E-state index in [1.165, 1.54) is 0 Å². The molecule has 2 aliphatic carbocycles. The molecule has 3 aromatic rings. The van der Waals surface area contributed by atoms with Gasteiger partial charge in [-0.3, -0.25) is 24.1 Å². The van der Waals surface area contributed by atoms with E-state index in [2.05, 4.69) is 20.7 Å². The predicted molar refractivity (Wildman–Crippen MR) is 168 cm³/mol. The number of halogens is 7. The van der Waals surface area contributed by atoms with Gasteiger partial charge in [-0.25, -0.2) is 9.29 Å². The molecular formula is C33H21BrCl2F4N2O6. The minimum Gasteiger partial charge on any atom is -0.508 e. The summed E-state index contributed by atoms with van der Waals surface area (Å²) >= 11 is 17.8. The number of carbonyl (C=O) groups is 4. The Morgan fingerprint density at radius 1 is 0.854 bits per heavy atom. The molecule has 4 amide bonds. The standard InChI is InChI=1S/C33H21BrCl2F4N2O6/c34-15-1-5-17(6-2-15)41-27(44)21-11-10-20-23(25(21)28(41)45)14-31(35)29(46)42(18-7-3-16(37)4-8-18)30(47)32(31,36)26(20)22-13-19(9-12-24(22)43)48-33(38,39)40/h1-10,12-13,21,23,25-26,43H,11,14H2. The number of hydrogen-bond acceptors (Lipinski definition) is 6. The van der Waals surface area contributed by atoms with Gasteiger partial charge in [0.05, 0.1) is 23.2 Å². The van der Waals surface area contributed by atoms with Gasteiger partial charge in [0.1, 0.15) is 17.3 Å². The van der Waals surface area contributed by atoms with Gasteiger partial charge < -0.3 is 9.84 Å². The number of anilines is 2. The number of amides is 4.